The van der Waals surface area contributed by atoms with Gasteiger partial charge in [-0.1, -0.05) is 33.6 Å². The lowest BCUT2D eigenvalue weighted by atomic mass is 9.79. The molecule has 3 unspecified atom stereocenters. The van der Waals surface area contributed by atoms with Crippen molar-refractivity contribution in [3.8, 4) is 0 Å². The lowest BCUT2D eigenvalue weighted by Gasteiger charge is -2.39. The number of ether oxygens (including phenoxy) is 2. The van der Waals surface area contributed by atoms with Crippen LogP contribution in [0.4, 0.5) is 0 Å². The molecule has 2 aliphatic rings. The molecule has 5 heteroatoms. The molecule has 1 aromatic carbocycles. The number of benzene rings is 1. The first-order chi connectivity index (χ1) is 9.60. The molecule has 0 saturated carbocycles. The maximum Gasteiger partial charge on any atom is 0.0940 e. The monoisotopic (exact) mass is 359 g/mol. The first kappa shape index (κ1) is 14.8. The zero-order chi connectivity index (χ0) is 14.2. The second-order valence-corrected chi connectivity index (χ2v) is 7.07. The molecule has 0 radical (unpaired) electrons. The van der Waals surface area contributed by atoms with E-state index in [-0.39, 0.29) is 11.6 Å². The van der Waals surface area contributed by atoms with E-state index >= 15 is 0 Å². The number of halogens is 2. The van der Waals surface area contributed by atoms with E-state index in [2.05, 4.69) is 15.9 Å². The van der Waals surface area contributed by atoms with Gasteiger partial charge in [0, 0.05) is 35.2 Å². The van der Waals surface area contributed by atoms with Crippen molar-refractivity contribution in [3.63, 3.8) is 0 Å². The van der Waals surface area contributed by atoms with Gasteiger partial charge in [-0.3, -0.25) is 0 Å². The largest absolute Gasteiger partial charge is 0.378 e. The fourth-order valence-electron chi connectivity index (χ4n) is 3.26. The van der Waals surface area contributed by atoms with Crippen LogP contribution in [0.5, 0.6) is 0 Å². The first-order valence-electron chi connectivity index (χ1n) is 7.02. The van der Waals surface area contributed by atoms with Gasteiger partial charge in [0.15, 0.2) is 0 Å². The van der Waals surface area contributed by atoms with Gasteiger partial charge in [-0.2, -0.15) is 0 Å². The normalized spacial score (nSPS) is 31.6. The van der Waals surface area contributed by atoms with Crippen LogP contribution in [0.25, 0.3) is 0 Å². The van der Waals surface area contributed by atoms with E-state index in [0.29, 0.717) is 12.5 Å². The standard InChI is InChI=1S/C15H19BrClNO2/c16-13-7-11(17)1-2-12(13)14(18)10-3-5-20-15(8-10)4-6-19-9-15/h1-2,7,10,14H,3-6,8-9,18H2. The summed E-state index contributed by atoms with van der Waals surface area (Å²) in [6.45, 7) is 2.28. The van der Waals surface area contributed by atoms with E-state index in [1.54, 1.807) is 0 Å². The quantitative estimate of drug-likeness (QED) is 0.875. The average molecular weight is 361 g/mol. The zero-order valence-electron chi connectivity index (χ0n) is 11.3. The molecule has 2 N–H and O–H groups in total. The molecule has 2 fully saturated rings. The highest BCUT2D eigenvalue weighted by atomic mass is 79.9. The molecule has 2 aliphatic heterocycles. The van der Waals surface area contributed by atoms with E-state index in [4.69, 9.17) is 26.8 Å². The van der Waals surface area contributed by atoms with Crippen LogP contribution in [0.2, 0.25) is 5.02 Å². The third kappa shape index (κ3) is 2.90. The Morgan fingerprint density at radius 3 is 2.95 bits per heavy atom. The Labute approximate surface area is 132 Å². The highest BCUT2D eigenvalue weighted by molar-refractivity contribution is 9.10. The number of rotatable bonds is 2. The van der Waals surface area contributed by atoms with Crippen LogP contribution in [0.1, 0.15) is 30.9 Å². The van der Waals surface area contributed by atoms with Crippen LogP contribution in [0, 0.1) is 5.92 Å². The Morgan fingerprint density at radius 1 is 1.40 bits per heavy atom. The van der Waals surface area contributed by atoms with Gasteiger partial charge in [-0.15, -0.1) is 0 Å². The van der Waals surface area contributed by atoms with Crippen molar-refractivity contribution in [1.29, 1.82) is 0 Å². The second-order valence-electron chi connectivity index (χ2n) is 5.78. The molecule has 2 saturated heterocycles. The van der Waals surface area contributed by atoms with Crippen molar-refractivity contribution in [2.24, 2.45) is 11.7 Å². The van der Waals surface area contributed by atoms with Crippen molar-refractivity contribution in [2.45, 2.75) is 30.9 Å². The van der Waals surface area contributed by atoms with E-state index in [1.165, 1.54) is 0 Å². The van der Waals surface area contributed by atoms with E-state index in [9.17, 15) is 0 Å². The molecule has 0 aliphatic carbocycles. The van der Waals surface area contributed by atoms with Gasteiger partial charge in [-0.25, -0.2) is 0 Å². The molecule has 3 rings (SSSR count). The van der Waals surface area contributed by atoms with Crippen molar-refractivity contribution in [1.82, 2.24) is 0 Å². The van der Waals surface area contributed by atoms with Gasteiger partial charge < -0.3 is 15.2 Å². The van der Waals surface area contributed by atoms with E-state index in [0.717, 1.165) is 47.5 Å². The Bertz CT molecular complexity index is 491. The van der Waals surface area contributed by atoms with Crippen LogP contribution in [-0.4, -0.2) is 25.4 Å². The van der Waals surface area contributed by atoms with E-state index < -0.39 is 0 Å². The summed E-state index contributed by atoms with van der Waals surface area (Å²) in [6.07, 6.45) is 2.96. The van der Waals surface area contributed by atoms with Gasteiger partial charge in [0.25, 0.3) is 0 Å². The van der Waals surface area contributed by atoms with Crippen LogP contribution in [0.3, 0.4) is 0 Å². The van der Waals surface area contributed by atoms with Gasteiger partial charge in [0.2, 0.25) is 0 Å². The summed E-state index contributed by atoms with van der Waals surface area (Å²) >= 11 is 9.57. The minimum absolute atomic E-state index is 0.00279. The second kappa shape index (κ2) is 5.93. The highest BCUT2D eigenvalue weighted by Gasteiger charge is 2.42. The van der Waals surface area contributed by atoms with Crippen molar-refractivity contribution in [2.75, 3.05) is 19.8 Å². The number of nitrogens with two attached hydrogens (primary N) is 1. The Kier molecular flexibility index (Phi) is 4.39. The van der Waals surface area contributed by atoms with Crippen LogP contribution in [0.15, 0.2) is 22.7 Å². The lowest BCUT2D eigenvalue weighted by molar-refractivity contribution is -0.101. The lowest BCUT2D eigenvalue weighted by Crippen LogP contribution is -2.43. The maximum atomic E-state index is 6.50. The summed E-state index contributed by atoms with van der Waals surface area (Å²) in [4.78, 5) is 0. The molecule has 2 heterocycles. The fraction of sp³-hybridized carbons (Fsp3) is 0.600. The molecule has 20 heavy (non-hydrogen) atoms. The molecule has 0 amide bonds. The minimum atomic E-state index is -0.0978. The summed E-state index contributed by atoms with van der Waals surface area (Å²) in [5, 5.41) is 0.723. The average Bonchev–Trinajstić information content (AvgIpc) is 2.86. The summed E-state index contributed by atoms with van der Waals surface area (Å²) in [7, 11) is 0. The van der Waals surface area contributed by atoms with Gasteiger partial charge in [0.1, 0.15) is 0 Å². The summed E-state index contributed by atoms with van der Waals surface area (Å²) < 4.78 is 12.5. The molecule has 0 aromatic heterocycles. The van der Waals surface area contributed by atoms with Crippen LogP contribution in [-0.2, 0) is 9.47 Å². The molecular formula is C15H19BrClNO2. The zero-order valence-corrected chi connectivity index (χ0v) is 13.6. The molecule has 0 bridgehead atoms. The topological polar surface area (TPSA) is 44.5 Å². The Hall–Kier alpha value is -0.130. The molecule has 1 aromatic rings. The molecule has 1 spiro atoms. The van der Waals surface area contributed by atoms with Crippen molar-refractivity contribution >= 4 is 27.5 Å². The third-order valence-corrected chi connectivity index (χ3v) is 5.35. The summed E-state index contributed by atoms with van der Waals surface area (Å²) in [5.41, 5.74) is 7.53. The molecule has 3 nitrogen and oxygen atoms in total. The summed E-state index contributed by atoms with van der Waals surface area (Å²) in [5.74, 6) is 0.419. The van der Waals surface area contributed by atoms with Crippen molar-refractivity contribution < 1.29 is 9.47 Å². The smallest absolute Gasteiger partial charge is 0.0940 e. The number of hydrogen-bond donors (Lipinski definition) is 1. The van der Waals surface area contributed by atoms with Crippen molar-refractivity contribution in [3.05, 3.63) is 33.3 Å². The molecule has 3 atom stereocenters. The van der Waals surface area contributed by atoms with Gasteiger partial charge >= 0.3 is 0 Å². The maximum absolute atomic E-state index is 6.50. The Balaban J connectivity index is 1.77. The first-order valence-corrected chi connectivity index (χ1v) is 8.19. The van der Waals surface area contributed by atoms with Gasteiger partial charge in [-0.05, 0) is 36.5 Å². The molecule has 110 valence electrons. The highest BCUT2D eigenvalue weighted by Crippen LogP contribution is 2.41. The Morgan fingerprint density at radius 2 is 2.25 bits per heavy atom. The van der Waals surface area contributed by atoms with Crippen LogP contribution < -0.4 is 5.73 Å². The minimum Gasteiger partial charge on any atom is -0.378 e. The number of hydrogen-bond acceptors (Lipinski definition) is 3. The van der Waals surface area contributed by atoms with E-state index in [1.807, 2.05) is 18.2 Å². The summed E-state index contributed by atoms with van der Waals surface area (Å²) in [6, 6.07) is 5.83. The predicted octanol–water partition coefficient (Wildman–Crippen LogP) is 3.69. The SMILES string of the molecule is NC(c1ccc(Cl)cc1Br)C1CCOC2(CCOC2)C1. The van der Waals surface area contributed by atoms with Gasteiger partial charge in [0.05, 0.1) is 12.2 Å². The third-order valence-electron chi connectivity index (χ3n) is 4.43. The molecular weight excluding hydrogens is 342 g/mol. The fourth-order valence-corrected chi connectivity index (χ4v) is 4.21. The predicted molar refractivity (Wildman–Crippen MR) is 82.9 cm³/mol. The van der Waals surface area contributed by atoms with Crippen LogP contribution >= 0.6 is 27.5 Å².